The van der Waals surface area contributed by atoms with Gasteiger partial charge in [-0.25, -0.2) is 0 Å². The number of hydrogen-bond donors (Lipinski definition) is 1. The normalized spacial score (nSPS) is 12.9. The van der Waals surface area contributed by atoms with Crippen molar-refractivity contribution in [2.45, 2.75) is 0 Å². The van der Waals surface area contributed by atoms with E-state index >= 15 is 0 Å². The average Bonchev–Trinajstić information content (AvgIpc) is 2.47. The number of rotatable bonds is 2. The van der Waals surface area contributed by atoms with Crippen LogP contribution < -0.4 is 5.30 Å². The summed E-state index contributed by atoms with van der Waals surface area (Å²) in [5, 5.41) is 0.225. The van der Waals surface area contributed by atoms with Crippen LogP contribution >= 0.6 is 7.37 Å². The van der Waals surface area contributed by atoms with E-state index in [0.717, 1.165) is 0 Å². The van der Waals surface area contributed by atoms with E-state index in [1.807, 2.05) is 0 Å². The van der Waals surface area contributed by atoms with Gasteiger partial charge in [-0.05, 0) is 18.1 Å². The number of hydrogen-bond acceptors (Lipinski definition) is 2. The van der Waals surface area contributed by atoms with Crippen molar-refractivity contribution in [3.8, 4) is 11.6 Å². The van der Waals surface area contributed by atoms with E-state index < -0.39 is 13.2 Å². The van der Waals surface area contributed by atoms with Gasteiger partial charge in [0, 0.05) is 16.5 Å². The summed E-state index contributed by atoms with van der Waals surface area (Å²) in [6, 6.07) is 16.5. The minimum Gasteiger partial charge on any atom is -0.332 e. The van der Waals surface area contributed by atoms with E-state index in [4.69, 9.17) is 0 Å². The van der Waals surface area contributed by atoms with Gasteiger partial charge in [-0.3, -0.25) is 9.36 Å². The van der Waals surface area contributed by atoms with Gasteiger partial charge >= 0.3 is 7.37 Å². The summed E-state index contributed by atoms with van der Waals surface area (Å²) in [6.07, 6.45) is 0. The van der Waals surface area contributed by atoms with Gasteiger partial charge in [0.25, 0.3) is 0 Å². The van der Waals surface area contributed by atoms with Gasteiger partial charge in [0.1, 0.15) is 0 Å². The van der Waals surface area contributed by atoms with Crippen molar-refractivity contribution in [3.05, 3.63) is 66.2 Å². The first kappa shape index (κ1) is 13.3. The molecule has 0 aliphatic heterocycles. The summed E-state index contributed by atoms with van der Waals surface area (Å²) in [6.45, 7) is 0. The second-order valence-electron chi connectivity index (χ2n) is 3.84. The third-order valence-corrected chi connectivity index (χ3v) is 3.88. The molecule has 0 saturated carbocycles. The zero-order valence-corrected chi connectivity index (χ0v) is 10.9. The first-order chi connectivity index (χ1) is 9.09. The molecule has 2 rings (SSSR count). The topological polar surface area (TPSA) is 54.4 Å². The quantitative estimate of drug-likeness (QED) is 0.518. The molecule has 0 aromatic heterocycles. The molecule has 1 unspecified atom stereocenters. The molecule has 1 atom stereocenters. The number of ketones is 1. The van der Waals surface area contributed by atoms with Crippen LogP contribution in [0.25, 0.3) is 0 Å². The summed E-state index contributed by atoms with van der Waals surface area (Å²) in [5.74, 6) is 1.77. The Morgan fingerprint density at radius 1 is 0.947 bits per heavy atom. The predicted molar refractivity (Wildman–Crippen MR) is 74.4 cm³/mol. The van der Waals surface area contributed by atoms with E-state index in [0.29, 0.717) is 5.56 Å². The molecule has 0 spiro atoms. The summed E-state index contributed by atoms with van der Waals surface area (Å²) in [4.78, 5) is 21.5. The maximum Gasteiger partial charge on any atom is 0.301 e. The monoisotopic (exact) mass is 270 g/mol. The summed E-state index contributed by atoms with van der Waals surface area (Å²) in [7, 11) is -3.80. The van der Waals surface area contributed by atoms with E-state index in [1.54, 1.807) is 48.5 Å². The van der Waals surface area contributed by atoms with Gasteiger partial charge in [-0.15, -0.1) is 0 Å². The van der Waals surface area contributed by atoms with Gasteiger partial charge in [-0.1, -0.05) is 48.5 Å². The Hall–Kier alpha value is -2.14. The second kappa shape index (κ2) is 5.67. The maximum absolute atomic E-state index is 12.0. The minimum absolute atomic E-state index is 0.225. The number of carbonyl (C=O) groups is 1. The molecular weight excluding hydrogens is 259 g/mol. The van der Waals surface area contributed by atoms with Crippen LogP contribution in [0.5, 0.6) is 0 Å². The van der Waals surface area contributed by atoms with Gasteiger partial charge in [0.15, 0.2) is 0 Å². The highest BCUT2D eigenvalue weighted by Gasteiger charge is 2.17. The van der Waals surface area contributed by atoms with Crippen LogP contribution in [0.4, 0.5) is 0 Å². The van der Waals surface area contributed by atoms with Crippen molar-refractivity contribution < 1.29 is 14.3 Å². The first-order valence-corrected chi connectivity index (χ1v) is 7.26. The molecule has 0 amide bonds. The smallest absolute Gasteiger partial charge is 0.301 e. The van der Waals surface area contributed by atoms with Gasteiger partial charge < -0.3 is 4.89 Å². The lowest BCUT2D eigenvalue weighted by Crippen LogP contribution is -2.02. The first-order valence-electron chi connectivity index (χ1n) is 5.61. The Morgan fingerprint density at radius 2 is 1.47 bits per heavy atom. The highest BCUT2D eigenvalue weighted by molar-refractivity contribution is 7.71. The largest absolute Gasteiger partial charge is 0.332 e. The van der Waals surface area contributed by atoms with E-state index in [1.165, 1.54) is 12.1 Å². The maximum atomic E-state index is 12.0. The summed E-state index contributed by atoms with van der Waals surface area (Å²) < 4.78 is 12.0. The highest BCUT2D eigenvalue weighted by atomic mass is 31.2. The Balaban J connectivity index is 2.25. The molecule has 0 aliphatic carbocycles. The van der Waals surface area contributed by atoms with E-state index in [9.17, 15) is 14.3 Å². The molecule has 0 heterocycles. The molecule has 4 heteroatoms. The Bertz CT molecular complexity index is 682. The van der Waals surface area contributed by atoms with Crippen molar-refractivity contribution in [1.29, 1.82) is 0 Å². The molecule has 0 saturated heterocycles. The van der Waals surface area contributed by atoms with Crippen LogP contribution in [-0.2, 0) is 4.57 Å². The lowest BCUT2D eigenvalue weighted by atomic mass is 10.1. The fourth-order valence-electron chi connectivity index (χ4n) is 1.48. The van der Waals surface area contributed by atoms with Crippen molar-refractivity contribution in [2.75, 3.05) is 0 Å². The fourth-order valence-corrected chi connectivity index (χ4v) is 2.44. The van der Waals surface area contributed by atoms with Gasteiger partial charge in [-0.2, -0.15) is 0 Å². The zero-order valence-electron chi connectivity index (χ0n) is 9.98. The summed E-state index contributed by atoms with van der Waals surface area (Å²) >= 11 is 0. The van der Waals surface area contributed by atoms with Crippen LogP contribution in [0, 0.1) is 11.6 Å². The molecule has 2 aromatic carbocycles. The summed E-state index contributed by atoms with van der Waals surface area (Å²) in [5.41, 5.74) is 2.59. The van der Waals surface area contributed by atoms with E-state index in [2.05, 4.69) is 11.6 Å². The average molecular weight is 270 g/mol. The molecule has 94 valence electrons. The molecule has 3 nitrogen and oxygen atoms in total. The Kier molecular flexibility index (Phi) is 3.97. The molecule has 0 aliphatic rings. The standard InChI is InChI=1S/C15H11O3P/c16-15(13-7-3-1-4-8-13)11-12-19(17,18)14-9-5-2-6-10-14/h1-10H,(H,17,18). The van der Waals surface area contributed by atoms with Gasteiger partial charge in [0.05, 0.1) is 0 Å². The molecule has 2 aromatic rings. The van der Waals surface area contributed by atoms with Crippen LogP contribution in [0.2, 0.25) is 0 Å². The molecule has 19 heavy (non-hydrogen) atoms. The highest BCUT2D eigenvalue weighted by Crippen LogP contribution is 2.37. The van der Waals surface area contributed by atoms with Crippen molar-refractivity contribution in [2.24, 2.45) is 0 Å². The molecule has 0 bridgehead atoms. The lowest BCUT2D eigenvalue weighted by Gasteiger charge is -2.02. The Labute approximate surface area is 111 Å². The fraction of sp³-hybridized carbons (Fsp3) is 0. The SMILES string of the molecule is O=C(C#CP(=O)(O)c1ccccc1)c1ccccc1. The van der Waals surface area contributed by atoms with Crippen LogP contribution in [0.15, 0.2) is 60.7 Å². The molecule has 1 N–H and O–H groups in total. The third-order valence-electron chi connectivity index (χ3n) is 2.46. The van der Waals surface area contributed by atoms with Crippen LogP contribution in [-0.4, -0.2) is 10.7 Å². The molecule has 0 radical (unpaired) electrons. The van der Waals surface area contributed by atoms with Crippen molar-refractivity contribution in [3.63, 3.8) is 0 Å². The van der Waals surface area contributed by atoms with Gasteiger partial charge in [0.2, 0.25) is 5.78 Å². The zero-order chi connectivity index (χ0) is 13.7. The van der Waals surface area contributed by atoms with Crippen molar-refractivity contribution in [1.82, 2.24) is 0 Å². The number of carbonyl (C=O) groups excluding carboxylic acids is 1. The Morgan fingerprint density at radius 3 is 2.05 bits per heavy atom. The number of Topliss-reactive ketones (excluding diaryl/α,β-unsaturated/α-hetero) is 1. The molecule has 0 fully saturated rings. The number of benzene rings is 2. The molecular formula is C15H11O3P. The third kappa shape index (κ3) is 3.42. The lowest BCUT2D eigenvalue weighted by molar-refractivity contribution is 0.105. The second-order valence-corrected chi connectivity index (χ2v) is 5.74. The van der Waals surface area contributed by atoms with E-state index in [-0.39, 0.29) is 5.30 Å². The predicted octanol–water partition coefficient (Wildman–Crippen LogP) is 2.43. The minimum atomic E-state index is -3.80. The van der Waals surface area contributed by atoms with Crippen LogP contribution in [0.3, 0.4) is 0 Å². The van der Waals surface area contributed by atoms with Crippen molar-refractivity contribution >= 4 is 18.5 Å². The van der Waals surface area contributed by atoms with Crippen LogP contribution in [0.1, 0.15) is 10.4 Å².